The molecule has 1 aliphatic heterocycles. The van der Waals surface area contributed by atoms with Crippen LogP contribution in [0.5, 0.6) is 5.75 Å². The lowest BCUT2D eigenvalue weighted by Crippen LogP contribution is -2.44. The van der Waals surface area contributed by atoms with Crippen LogP contribution >= 0.6 is 0 Å². The van der Waals surface area contributed by atoms with Crippen LogP contribution < -0.4 is 10.5 Å². The number of fused-ring (bicyclic) bond motifs is 1. The average molecular weight is 384 g/mol. The lowest BCUT2D eigenvalue weighted by molar-refractivity contribution is -0.0644. The summed E-state index contributed by atoms with van der Waals surface area (Å²) in [5, 5.41) is 0. The van der Waals surface area contributed by atoms with Crippen molar-refractivity contribution < 1.29 is 9.47 Å². The fraction of sp³-hybridized carbons (Fsp3) is 0.696. The van der Waals surface area contributed by atoms with Crippen LogP contribution in [0.1, 0.15) is 64.5 Å². The van der Waals surface area contributed by atoms with Gasteiger partial charge in [0.05, 0.1) is 6.61 Å². The van der Waals surface area contributed by atoms with Gasteiger partial charge in [-0.2, -0.15) is 0 Å². The molecule has 1 aromatic rings. The van der Waals surface area contributed by atoms with Gasteiger partial charge in [0.15, 0.2) is 5.96 Å². The topological polar surface area (TPSA) is 60.1 Å². The molecular formula is C23H33N3O2. The quantitative estimate of drug-likeness (QED) is 0.859. The van der Waals surface area contributed by atoms with Crippen molar-refractivity contribution in [3.63, 3.8) is 0 Å². The van der Waals surface area contributed by atoms with Crippen molar-refractivity contribution in [2.45, 2.75) is 77.0 Å². The van der Waals surface area contributed by atoms with Gasteiger partial charge >= 0.3 is 0 Å². The van der Waals surface area contributed by atoms with Crippen molar-refractivity contribution >= 4 is 5.96 Å². The Morgan fingerprint density at radius 1 is 1.21 bits per heavy atom. The minimum atomic E-state index is -0.337. The van der Waals surface area contributed by atoms with E-state index >= 15 is 0 Å². The van der Waals surface area contributed by atoms with E-state index in [2.05, 4.69) is 50.8 Å². The Balaban J connectivity index is 1.63. The van der Waals surface area contributed by atoms with Gasteiger partial charge in [-0.25, -0.2) is 4.99 Å². The van der Waals surface area contributed by atoms with E-state index < -0.39 is 0 Å². The van der Waals surface area contributed by atoms with Gasteiger partial charge in [0.2, 0.25) is 0 Å². The Morgan fingerprint density at radius 3 is 2.75 bits per heavy atom. The summed E-state index contributed by atoms with van der Waals surface area (Å²) in [4.78, 5) is 7.38. The van der Waals surface area contributed by atoms with Crippen molar-refractivity contribution in [1.29, 1.82) is 0 Å². The highest BCUT2D eigenvalue weighted by atomic mass is 16.5. The Morgan fingerprint density at radius 2 is 2.00 bits per heavy atom. The van der Waals surface area contributed by atoms with Crippen LogP contribution in [0.2, 0.25) is 0 Å². The molecule has 4 aliphatic rings. The minimum Gasteiger partial charge on any atom is -0.493 e. The van der Waals surface area contributed by atoms with Crippen molar-refractivity contribution in [1.82, 2.24) is 4.90 Å². The Kier molecular flexibility index (Phi) is 3.84. The van der Waals surface area contributed by atoms with E-state index in [0.717, 1.165) is 25.2 Å². The van der Waals surface area contributed by atoms with Gasteiger partial charge in [-0.15, -0.1) is 0 Å². The van der Waals surface area contributed by atoms with E-state index in [1.54, 1.807) is 0 Å². The second-order valence-electron chi connectivity index (χ2n) is 9.83. The number of hydrogen-bond acceptors (Lipinski definition) is 5. The molecule has 2 unspecified atom stereocenters. The number of nitrogens with zero attached hydrogens (tertiary/aromatic N) is 2. The molecule has 2 N–H and O–H groups in total. The highest BCUT2D eigenvalue weighted by molar-refractivity contribution is 5.81. The molecule has 0 bridgehead atoms. The molecule has 3 spiro atoms. The van der Waals surface area contributed by atoms with Gasteiger partial charge in [-0.3, -0.25) is 0 Å². The van der Waals surface area contributed by atoms with E-state index in [9.17, 15) is 0 Å². The number of hydrogen-bond donors (Lipinski definition) is 1. The molecule has 3 atom stereocenters. The van der Waals surface area contributed by atoms with Gasteiger partial charge in [0.25, 0.3) is 0 Å². The summed E-state index contributed by atoms with van der Waals surface area (Å²) in [5.74, 6) is 2.07. The second-order valence-corrected chi connectivity index (χ2v) is 9.83. The van der Waals surface area contributed by atoms with Crippen molar-refractivity contribution in [2.75, 3.05) is 13.3 Å². The van der Waals surface area contributed by atoms with Crippen LogP contribution in [0, 0.1) is 11.3 Å². The largest absolute Gasteiger partial charge is 0.493 e. The first-order valence-corrected chi connectivity index (χ1v) is 10.9. The zero-order valence-electron chi connectivity index (χ0n) is 17.6. The molecule has 2 saturated carbocycles. The third-order valence-corrected chi connectivity index (χ3v) is 7.57. The first-order valence-electron chi connectivity index (χ1n) is 10.9. The zero-order chi connectivity index (χ0) is 19.7. The third kappa shape index (κ3) is 2.04. The van der Waals surface area contributed by atoms with E-state index in [1.165, 1.54) is 30.4 Å². The fourth-order valence-electron chi connectivity index (χ4n) is 6.34. The lowest BCUT2D eigenvalue weighted by Gasteiger charge is -2.33. The molecule has 2 fully saturated rings. The van der Waals surface area contributed by atoms with Crippen molar-refractivity contribution in [3.05, 3.63) is 29.3 Å². The number of rotatable bonds is 4. The summed E-state index contributed by atoms with van der Waals surface area (Å²) >= 11 is 0. The smallest absolute Gasteiger partial charge is 0.194 e. The van der Waals surface area contributed by atoms with Crippen LogP contribution in [-0.4, -0.2) is 35.8 Å². The monoisotopic (exact) mass is 383 g/mol. The molecule has 5 rings (SSSR count). The SMILES string of the molecule is CC(C)COc1ccc2c(c1)C13N=C(N)N(C(C)C)COC14CCCC[C@]43C2. The van der Waals surface area contributed by atoms with Gasteiger partial charge in [0, 0.05) is 11.5 Å². The van der Waals surface area contributed by atoms with Gasteiger partial charge in [0.1, 0.15) is 23.6 Å². The van der Waals surface area contributed by atoms with E-state index in [1.807, 2.05) is 0 Å². The van der Waals surface area contributed by atoms with Gasteiger partial charge in [-0.1, -0.05) is 32.8 Å². The van der Waals surface area contributed by atoms with E-state index in [0.29, 0.717) is 18.6 Å². The average Bonchev–Trinajstić information content (AvgIpc) is 3.08. The summed E-state index contributed by atoms with van der Waals surface area (Å²) in [7, 11) is 0. The normalized spacial score (nSPS) is 35.6. The van der Waals surface area contributed by atoms with Crippen LogP contribution in [0.4, 0.5) is 0 Å². The fourth-order valence-corrected chi connectivity index (χ4v) is 6.34. The summed E-state index contributed by atoms with van der Waals surface area (Å²) in [6, 6.07) is 6.87. The Bertz CT molecular complexity index is 835. The minimum absolute atomic E-state index is 0.0743. The van der Waals surface area contributed by atoms with E-state index in [-0.39, 0.29) is 22.6 Å². The van der Waals surface area contributed by atoms with Crippen LogP contribution in [0.3, 0.4) is 0 Å². The molecule has 0 radical (unpaired) electrons. The number of guanidine groups is 1. The van der Waals surface area contributed by atoms with Gasteiger partial charge in [-0.05, 0) is 62.3 Å². The summed E-state index contributed by atoms with van der Waals surface area (Å²) < 4.78 is 12.8. The van der Waals surface area contributed by atoms with Crippen LogP contribution in [-0.2, 0) is 16.7 Å². The van der Waals surface area contributed by atoms with Crippen LogP contribution in [0.25, 0.3) is 0 Å². The maximum Gasteiger partial charge on any atom is 0.194 e. The molecular weight excluding hydrogens is 350 g/mol. The molecule has 28 heavy (non-hydrogen) atoms. The first-order chi connectivity index (χ1) is 13.4. The third-order valence-electron chi connectivity index (χ3n) is 7.57. The van der Waals surface area contributed by atoms with E-state index in [4.69, 9.17) is 20.2 Å². The molecule has 1 aromatic carbocycles. The number of ether oxygens (including phenoxy) is 2. The van der Waals surface area contributed by atoms with Crippen LogP contribution in [0.15, 0.2) is 23.2 Å². The molecule has 0 aromatic heterocycles. The summed E-state index contributed by atoms with van der Waals surface area (Å²) in [6.07, 6.45) is 5.75. The maximum atomic E-state index is 6.75. The predicted octanol–water partition coefficient (Wildman–Crippen LogP) is 3.80. The lowest BCUT2D eigenvalue weighted by atomic mass is 9.82. The molecule has 0 amide bonds. The molecule has 3 aliphatic carbocycles. The van der Waals surface area contributed by atoms with Gasteiger partial charge < -0.3 is 20.1 Å². The Hall–Kier alpha value is -1.75. The number of nitrogens with two attached hydrogens (primary N) is 1. The molecule has 1 heterocycles. The number of benzene rings is 1. The standard InChI is InChI=1S/C23H33N3O2/c1-15(2)13-27-18-8-7-17-12-21-9-5-6-10-22(21)23(21,19(17)11-18)25-20(24)26(14-28-22)16(3)4/h7-8,11,15-16H,5-6,9-10,12-14H2,1-4H3,(H2,24,25)/t21-,22?,23?/m0/s1. The van der Waals surface area contributed by atoms with Crippen molar-refractivity contribution in [3.8, 4) is 5.75 Å². The zero-order valence-corrected chi connectivity index (χ0v) is 17.6. The molecule has 5 nitrogen and oxygen atoms in total. The van der Waals surface area contributed by atoms with Crippen molar-refractivity contribution in [2.24, 2.45) is 22.1 Å². The first kappa shape index (κ1) is 18.3. The summed E-state index contributed by atoms with van der Waals surface area (Å²) in [6.45, 7) is 9.91. The molecule has 5 heteroatoms. The number of aliphatic imine (C=N–C) groups is 1. The summed E-state index contributed by atoms with van der Waals surface area (Å²) in [5.41, 5.74) is 8.78. The highest BCUT2D eigenvalue weighted by Crippen LogP contribution is 2.85. The molecule has 0 saturated heterocycles. The maximum absolute atomic E-state index is 6.75. The second kappa shape index (κ2) is 5.88. The highest BCUT2D eigenvalue weighted by Gasteiger charge is 2.92. The molecule has 152 valence electrons. The predicted molar refractivity (Wildman–Crippen MR) is 110 cm³/mol. The Labute approximate surface area is 168 Å².